The summed E-state index contributed by atoms with van der Waals surface area (Å²) < 4.78 is 5.35. The van der Waals surface area contributed by atoms with E-state index in [1.165, 1.54) is 0 Å². The van der Waals surface area contributed by atoms with Crippen LogP contribution in [0.5, 0.6) is 0 Å². The highest BCUT2D eigenvalue weighted by Gasteiger charge is 2.18. The maximum Gasteiger partial charge on any atom is 0.224 e. The lowest BCUT2D eigenvalue weighted by Gasteiger charge is -2.24. The minimum absolute atomic E-state index is 0.0496. The zero-order valence-electron chi connectivity index (χ0n) is 11.3. The molecule has 0 aliphatic carbocycles. The van der Waals surface area contributed by atoms with E-state index in [-0.39, 0.29) is 5.91 Å². The molecule has 0 fully saturated rings. The third kappa shape index (κ3) is 2.34. The number of nitrogen functional groups attached to an aromatic ring is 1. The molecule has 3 rings (SSSR count). The number of aryl methyl sites for hydroxylation is 1. The van der Waals surface area contributed by atoms with Gasteiger partial charge in [0.2, 0.25) is 5.91 Å². The fraction of sp³-hybridized carbons (Fsp3) is 0.267. The first kappa shape index (κ1) is 12.6. The Kier molecular flexibility index (Phi) is 3.10. The van der Waals surface area contributed by atoms with Gasteiger partial charge < -0.3 is 20.4 Å². The Balaban J connectivity index is 1.88. The second kappa shape index (κ2) is 4.92. The second-order valence-corrected chi connectivity index (χ2v) is 5.05. The predicted octanol–water partition coefficient (Wildman–Crippen LogP) is 2.38. The molecule has 0 unspecified atom stereocenters. The van der Waals surface area contributed by atoms with Crippen LogP contribution in [0.4, 0.5) is 17.1 Å². The van der Waals surface area contributed by atoms with Crippen molar-refractivity contribution in [2.75, 3.05) is 23.0 Å². The fourth-order valence-corrected chi connectivity index (χ4v) is 2.48. The molecule has 0 atom stereocenters. The van der Waals surface area contributed by atoms with E-state index >= 15 is 0 Å². The number of rotatable bonds is 3. The molecule has 5 heteroatoms. The molecule has 0 bridgehead atoms. The van der Waals surface area contributed by atoms with Crippen LogP contribution < -0.4 is 16.0 Å². The van der Waals surface area contributed by atoms with Crippen molar-refractivity contribution < 1.29 is 9.21 Å². The SMILES string of the molecule is CN(Cc1ccco1)c1cc2c(cc1N)NC(=O)CC2. The van der Waals surface area contributed by atoms with Gasteiger partial charge in [-0.2, -0.15) is 0 Å². The first-order valence-corrected chi connectivity index (χ1v) is 6.59. The molecule has 0 saturated heterocycles. The monoisotopic (exact) mass is 271 g/mol. The van der Waals surface area contributed by atoms with Crippen LogP contribution >= 0.6 is 0 Å². The van der Waals surface area contributed by atoms with Crippen LogP contribution in [0.3, 0.4) is 0 Å². The number of nitrogens with two attached hydrogens (primary N) is 1. The van der Waals surface area contributed by atoms with Crippen molar-refractivity contribution in [3.05, 3.63) is 41.9 Å². The number of amides is 1. The van der Waals surface area contributed by atoms with Crippen LogP contribution in [-0.4, -0.2) is 13.0 Å². The van der Waals surface area contributed by atoms with Crippen LogP contribution in [-0.2, 0) is 17.8 Å². The van der Waals surface area contributed by atoms with Gasteiger partial charge in [0.15, 0.2) is 0 Å². The largest absolute Gasteiger partial charge is 0.467 e. The first-order chi connectivity index (χ1) is 9.63. The van der Waals surface area contributed by atoms with Gasteiger partial charge >= 0.3 is 0 Å². The zero-order chi connectivity index (χ0) is 14.1. The number of nitrogens with zero attached hydrogens (tertiary/aromatic N) is 1. The highest BCUT2D eigenvalue weighted by atomic mass is 16.3. The van der Waals surface area contributed by atoms with Crippen molar-refractivity contribution in [3.8, 4) is 0 Å². The predicted molar refractivity (Wildman–Crippen MR) is 78.6 cm³/mol. The van der Waals surface area contributed by atoms with Gasteiger partial charge in [-0.15, -0.1) is 0 Å². The first-order valence-electron chi connectivity index (χ1n) is 6.59. The molecule has 1 amide bonds. The average Bonchev–Trinajstić information content (AvgIpc) is 2.90. The number of fused-ring (bicyclic) bond motifs is 1. The van der Waals surface area contributed by atoms with E-state index in [1.807, 2.05) is 36.2 Å². The van der Waals surface area contributed by atoms with Gasteiger partial charge in [0.05, 0.1) is 24.2 Å². The van der Waals surface area contributed by atoms with E-state index in [2.05, 4.69) is 5.32 Å². The number of nitrogens with one attached hydrogen (secondary N) is 1. The lowest BCUT2D eigenvalue weighted by Crippen LogP contribution is -2.22. The van der Waals surface area contributed by atoms with Crippen LogP contribution in [0.25, 0.3) is 0 Å². The van der Waals surface area contributed by atoms with E-state index < -0.39 is 0 Å². The lowest BCUT2D eigenvalue weighted by molar-refractivity contribution is -0.116. The Hall–Kier alpha value is -2.43. The van der Waals surface area contributed by atoms with Gasteiger partial charge in [-0.05, 0) is 36.2 Å². The van der Waals surface area contributed by atoms with E-state index in [0.29, 0.717) is 18.7 Å². The normalized spacial score (nSPS) is 13.8. The summed E-state index contributed by atoms with van der Waals surface area (Å²) in [6, 6.07) is 7.69. The number of hydrogen-bond acceptors (Lipinski definition) is 4. The Labute approximate surface area is 117 Å². The Morgan fingerprint density at radius 2 is 2.25 bits per heavy atom. The van der Waals surface area contributed by atoms with Crippen molar-refractivity contribution in [3.63, 3.8) is 0 Å². The van der Waals surface area contributed by atoms with E-state index in [1.54, 1.807) is 6.26 Å². The second-order valence-electron chi connectivity index (χ2n) is 5.05. The van der Waals surface area contributed by atoms with Gasteiger partial charge in [0.25, 0.3) is 0 Å². The minimum Gasteiger partial charge on any atom is -0.467 e. The summed E-state index contributed by atoms with van der Waals surface area (Å²) >= 11 is 0. The highest BCUT2D eigenvalue weighted by Crippen LogP contribution is 2.33. The van der Waals surface area contributed by atoms with Gasteiger partial charge in [0.1, 0.15) is 5.76 Å². The van der Waals surface area contributed by atoms with Crippen molar-refractivity contribution in [2.24, 2.45) is 0 Å². The van der Waals surface area contributed by atoms with Crippen LogP contribution in [0.2, 0.25) is 0 Å². The molecule has 20 heavy (non-hydrogen) atoms. The summed E-state index contributed by atoms with van der Waals surface area (Å²) in [5.74, 6) is 0.937. The van der Waals surface area contributed by atoms with E-state index in [0.717, 1.165) is 29.1 Å². The summed E-state index contributed by atoms with van der Waals surface area (Å²) in [6.45, 7) is 0.655. The van der Waals surface area contributed by atoms with E-state index in [4.69, 9.17) is 10.2 Å². The maximum atomic E-state index is 11.4. The molecule has 1 aromatic carbocycles. The molecule has 1 aliphatic heterocycles. The lowest BCUT2D eigenvalue weighted by atomic mass is 10.0. The standard InChI is InChI=1S/C15H17N3O2/c1-18(9-11-3-2-6-20-11)14-7-10-4-5-15(19)17-13(10)8-12(14)16/h2-3,6-8H,4-5,9,16H2,1H3,(H,17,19). The van der Waals surface area contributed by atoms with Crippen LogP contribution in [0, 0.1) is 0 Å². The summed E-state index contributed by atoms with van der Waals surface area (Å²) in [6.07, 6.45) is 2.94. The molecule has 1 aliphatic rings. The van der Waals surface area contributed by atoms with Crippen molar-refractivity contribution >= 4 is 23.0 Å². The summed E-state index contributed by atoms with van der Waals surface area (Å²) in [4.78, 5) is 13.4. The summed E-state index contributed by atoms with van der Waals surface area (Å²) in [5.41, 5.74) is 9.66. The molecule has 104 valence electrons. The number of carbonyl (C=O) groups excluding carboxylic acids is 1. The average molecular weight is 271 g/mol. The number of hydrogen-bond donors (Lipinski definition) is 2. The third-order valence-electron chi connectivity index (χ3n) is 3.53. The molecule has 0 saturated carbocycles. The number of benzene rings is 1. The van der Waals surface area contributed by atoms with Gasteiger partial charge in [-0.25, -0.2) is 0 Å². The number of anilines is 3. The van der Waals surface area contributed by atoms with E-state index in [9.17, 15) is 4.79 Å². The van der Waals surface area contributed by atoms with Crippen molar-refractivity contribution in [1.29, 1.82) is 0 Å². The number of carbonyl (C=O) groups is 1. The van der Waals surface area contributed by atoms with Gasteiger partial charge in [0, 0.05) is 19.2 Å². The number of furan rings is 1. The van der Waals surface area contributed by atoms with Crippen LogP contribution in [0.15, 0.2) is 34.9 Å². The summed E-state index contributed by atoms with van der Waals surface area (Å²) in [5, 5.41) is 2.86. The molecular weight excluding hydrogens is 254 g/mol. The Morgan fingerprint density at radius 3 is 3.00 bits per heavy atom. The van der Waals surface area contributed by atoms with Gasteiger partial charge in [-0.1, -0.05) is 0 Å². The topological polar surface area (TPSA) is 71.5 Å². The zero-order valence-corrected chi connectivity index (χ0v) is 11.3. The summed E-state index contributed by atoms with van der Waals surface area (Å²) in [7, 11) is 1.97. The van der Waals surface area contributed by atoms with Crippen molar-refractivity contribution in [1.82, 2.24) is 0 Å². The smallest absolute Gasteiger partial charge is 0.224 e. The quantitative estimate of drug-likeness (QED) is 0.841. The molecule has 0 radical (unpaired) electrons. The Bertz CT molecular complexity index is 635. The molecular formula is C15H17N3O2. The maximum absolute atomic E-state index is 11.4. The molecule has 5 nitrogen and oxygen atoms in total. The van der Waals surface area contributed by atoms with Crippen LogP contribution in [0.1, 0.15) is 17.7 Å². The van der Waals surface area contributed by atoms with Gasteiger partial charge in [-0.3, -0.25) is 4.79 Å². The Morgan fingerprint density at radius 1 is 1.40 bits per heavy atom. The molecule has 3 N–H and O–H groups in total. The molecule has 0 spiro atoms. The molecule has 1 aromatic heterocycles. The molecule has 2 heterocycles. The van der Waals surface area contributed by atoms with Crippen molar-refractivity contribution in [2.45, 2.75) is 19.4 Å². The fourth-order valence-electron chi connectivity index (χ4n) is 2.48. The molecule has 2 aromatic rings. The third-order valence-corrected chi connectivity index (χ3v) is 3.53. The minimum atomic E-state index is 0.0496. The highest BCUT2D eigenvalue weighted by molar-refractivity contribution is 5.95.